The minimum Gasteiger partial charge on any atom is -0.385 e. The highest BCUT2D eigenvalue weighted by Gasteiger charge is 2.21. The Morgan fingerprint density at radius 1 is 1.10 bits per heavy atom. The highest BCUT2D eigenvalue weighted by atomic mass is 19.1. The molecular weight excluding hydrogens is 363 g/mol. The molecule has 3 nitrogen and oxygen atoms in total. The van der Waals surface area contributed by atoms with Crippen LogP contribution in [0, 0.1) is 11.7 Å². The van der Waals surface area contributed by atoms with E-state index in [1.807, 2.05) is 18.2 Å². The largest absolute Gasteiger partial charge is 0.385 e. The highest BCUT2D eigenvalue weighted by molar-refractivity contribution is 5.97. The van der Waals surface area contributed by atoms with Crippen LogP contribution in [0.15, 0.2) is 42.5 Å². The summed E-state index contributed by atoms with van der Waals surface area (Å²) < 4.78 is 13.9. The molecule has 1 saturated heterocycles. The van der Waals surface area contributed by atoms with Crippen molar-refractivity contribution in [3.63, 3.8) is 0 Å². The van der Waals surface area contributed by atoms with Crippen molar-refractivity contribution in [1.82, 2.24) is 4.90 Å². The quantitative estimate of drug-likeness (QED) is 0.661. The molecule has 0 aromatic heterocycles. The van der Waals surface area contributed by atoms with Gasteiger partial charge in [-0.05, 0) is 75.2 Å². The van der Waals surface area contributed by atoms with Gasteiger partial charge in [0.05, 0.1) is 0 Å². The SMILES string of the molecule is O=C(CCC1CCN(Cc2ccccc2F)CC1)c1ccc2c(c1)NCCCC2. The van der Waals surface area contributed by atoms with Gasteiger partial charge in [-0.15, -0.1) is 0 Å². The normalized spacial score (nSPS) is 18.0. The van der Waals surface area contributed by atoms with E-state index in [4.69, 9.17) is 0 Å². The van der Waals surface area contributed by atoms with Gasteiger partial charge in [-0.3, -0.25) is 9.69 Å². The summed E-state index contributed by atoms with van der Waals surface area (Å²) in [6.07, 6.45) is 7.26. The number of rotatable bonds is 6. The van der Waals surface area contributed by atoms with Crippen LogP contribution in [0.25, 0.3) is 0 Å². The summed E-state index contributed by atoms with van der Waals surface area (Å²) in [5, 5.41) is 3.47. The predicted octanol–water partition coefficient (Wildman–Crippen LogP) is 5.45. The van der Waals surface area contributed by atoms with Gasteiger partial charge in [0.25, 0.3) is 0 Å². The Kier molecular flexibility index (Phi) is 6.60. The molecule has 1 fully saturated rings. The maximum atomic E-state index is 13.9. The number of fused-ring (bicyclic) bond motifs is 1. The molecule has 4 rings (SSSR count). The number of nitrogens with zero attached hydrogens (tertiary/aromatic N) is 1. The first-order valence-corrected chi connectivity index (χ1v) is 11.0. The van der Waals surface area contributed by atoms with Crippen molar-refractivity contribution in [3.05, 3.63) is 65.0 Å². The molecule has 1 N–H and O–H groups in total. The minimum atomic E-state index is -0.115. The molecule has 2 heterocycles. The average Bonchev–Trinajstić information content (AvgIpc) is 2.99. The summed E-state index contributed by atoms with van der Waals surface area (Å²) in [5.41, 5.74) is 4.10. The van der Waals surface area contributed by atoms with Crippen molar-refractivity contribution in [3.8, 4) is 0 Å². The fourth-order valence-electron chi connectivity index (χ4n) is 4.58. The number of carbonyl (C=O) groups is 1. The number of benzene rings is 2. The summed E-state index contributed by atoms with van der Waals surface area (Å²) in [4.78, 5) is 15.1. The number of aryl methyl sites for hydroxylation is 1. The van der Waals surface area contributed by atoms with Crippen molar-refractivity contribution in [2.45, 2.75) is 51.5 Å². The van der Waals surface area contributed by atoms with Crippen LogP contribution in [0.3, 0.4) is 0 Å². The van der Waals surface area contributed by atoms with E-state index in [-0.39, 0.29) is 11.6 Å². The second-order valence-electron chi connectivity index (χ2n) is 8.53. The van der Waals surface area contributed by atoms with Gasteiger partial charge in [0.15, 0.2) is 5.78 Å². The maximum Gasteiger partial charge on any atom is 0.162 e. The highest BCUT2D eigenvalue weighted by Crippen LogP contribution is 2.26. The van der Waals surface area contributed by atoms with Crippen LogP contribution in [0.1, 0.15) is 60.0 Å². The van der Waals surface area contributed by atoms with Crippen LogP contribution >= 0.6 is 0 Å². The molecule has 0 atom stereocenters. The number of hydrogen-bond acceptors (Lipinski definition) is 3. The van der Waals surface area contributed by atoms with Crippen molar-refractivity contribution in [1.29, 1.82) is 0 Å². The standard InChI is InChI=1S/C25H31FN2O/c26-23-7-2-1-6-22(23)18-28-15-12-19(13-16-28)8-11-25(29)21-10-9-20-5-3-4-14-27-24(20)17-21/h1-2,6-7,9-10,17,19,27H,3-5,8,11-16,18H2. The van der Waals surface area contributed by atoms with Gasteiger partial charge in [0.2, 0.25) is 0 Å². The Morgan fingerprint density at radius 3 is 2.76 bits per heavy atom. The first kappa shape index (κ1) is 20.1. The summed E-state index contributed by atoms with van der Waals surface area (Å²) in [6, 6.07) is 13.2. The number of halogens is 1. The number of ketones is 1. The molecule has 0 unspecified atom stereocenters. The van der Waals surface area contributed by atoms with E-state index in [1.54, 1.807) is 6.07 Å². The van der Waals surface area contributed by atoms with Crippen molar-refractivity contribution >= 4 is 11.5 Å². The van der Waals surface area contributed by atoms with Gasteiger partial charge in [0.1, 0.15) is 5.82 Å². The summed E-state index contributed by atoms with van der Waals surface area (Å²) in [5.74, 6) is 0.734. The molecule has 0 saturated carbocycles. The molecule has 0 amide bonds. The predicted molar refractivity (Wildman–Crippen MR) is 116 cm³/mol. The summed E-state index contributed by atoms with van der Waals surface area (Å²) in [7, 11) is 0. The Morgan fingerprint density at radius 2 is 1.93 bits per heavy atom. The summed E-state index contributed by atoms with van der Waals surface area (Å²) >= 11 is 0. The fraction of sp³-hybridized carbons (Fsp3) is 0.480. The molecule has 0 bridgehead atoms. The number of Topliss-reactive ketones (excluding diaryl/α,β-unsaturated/α-hetero) is 1. The minimum absolute atomic E-state index is 0.115. The number of hydrogen-bond donors (Lipinski definition) is 1. The Bertz CT molecular complexity index is 842. The lowest BCUT2D eigenvalue weighted by atomic mass is 9.90. The van der Waals surface area contributed by atoms with Crippen molar-refractivity contribution in [2.75, 3.05) is 25.0 Å². The van der Waals surface area contributed by atoms with E-state index in [0.29, 0.717) is 18.9 Å². The Hall–Kier alpha value is -2.20. The summed E-state index contributed by atoms with van der Waals surface area (Å²) in [6.45, 7) is 3.64. The number of piperidine rings is 1. The van der Waals surface area contributed by atoms with E-state index in [0.717, 1.165) is 62.1 Å². The van der Waals surface area contributed by atoms with Crippen LogP contribution in [0.2, 0.25) is 0 Å². The van der Waals surface area contributed by atoms with Crippen molar-refractivity contribution < 1.29 is 9.18 Å². The van der Waals surface area contributed by atoms with Crippen molar-refractivity contribution in [2.24, 2.45) is 5.92 Å². The first-order valence-electron chi connectivity index (χ1n) is 11.0. The monoisotopic (exact) mass is 394 g/mol. The lowest BCUT2D eigenvalue weighted by Gasteiger charge is -2.32. The molecule has 4 heteroatoms. The number of carbonyl (C=O) groups excluding carboxylic acids is 1. The molecule has 0 spiro atoms. The van der Waals surface area contributed by atoms with Gasteiger partial charge in [-0.1, -0.05) is 30.3 Å². The molecule has 2 aliphatic rings. The molecular formula is C25H31FN2O. The second-order valence-corrected chi connectivity index (χ2v) is 8.53. The lowest BCUT2D eigenvalue weighted by molar-refractivity contribution is 0.0961. The molecule has 2 aromatic carbocycles. The van der Waals surface area contributed by atoms with E-state index in [9.17, 15) is 9.18 Å². The van der Waals surface area contributed by atoms with Gasteiger partial charge < -0.3 is 5.32 Å². The number of nitrogens with one attached hydrogen (secondary N) is 1. The second kappa shape index (κ2) is 9.53. The third-order valence-electron chi connectivity index (χ3n) is 6.46. The van der Waals surface area contributed by atoms with Gasteiger partial charge in [-0.2, -0.15) is 0 Å². The average molecular weight is 395 g/mol. The molecule has 2 aliphatic heterocycles. The molecule has 154 valence electrons. The lowest BCUT2D eigenvalue weighted by Crippen LogP contribution is -2.33. The van der Waals surface area contributed by atoms with Gasteiger partial charge in [-0.25, -0.2) is 4.39 Å². The van der Waals surface area contributed by atoms with Crippen LogP contribution in [0.4, 0.5) is 10.1 Å². The van der Waals surface area contributed by atoms with Crippen LogP contribution < -0.4 is 5.32 Å². The fourth-order valence-corrected chi connectivity index (χ4v) is 4.58. The third-order valence-corrected chi connectivity index (χ3v) is 6.46. The first-order chi connectivity index (χ1) is 14.2. The molecule has 29 heavy (non-hydrogen) atoms. The number of likely N-dealkylation sites (tertiary alicyclic amines) is 1. The molecule has 0 aliphatic carbocycles. The van der Waals surface area contributed by atoms with E-state index >= 15 is 0 Å². The van der Waals surface area contributed by atoms with Gasteiger partial charge in [0, 0.05) is 36.3 Å². The Labute approximate surface area is 173 Å². The number of anilines is 1. The van der Waals surface area contributed by atoms with Crippen LogP contribution in [-0.2, 0) is 13.0 Å². The van der Waals surface area contributed by atoms with Gasteiger partial charge >= 0.3 is 0 Å². The topological polar surface area (TPSA) is 32.3 Å². The zero-order valence-corrected chi connectivity index (χ0v) is 17.1. The smallest absolute Gasteiger partial charge is 0.162 e. The van der Waals surface area contributed by atoms with E-state index in [1.165, 1.54) is 24.5 Å². The van der Waals surface area contributed by atoms with E-state index < -0.39 is 0 Å². The zero-order valence-electron chi connectivity index (χ0n) is 17.1. The third kappa shape index (κ3) is 5.24. The molecule has 0 radical (unpaired) electrons. The Balaban J connectivity index is 1.24. The zero-order chi connectivity index (χ0) is 20.1. The molecule has 2 aromatic rings. The maximum absolute atomic E-state index is 13.9. The van der Waals surface area contributed by atoms with Crippen LogP contribution in [-0.4, -0.2) is 30.3 Å². The van der Waals surface area contributed by atoms with Crippen LogP contribution in [0.5, 0.6) is 0 Å². The van der Waals surface area contributed by atoms with E-state index in [2.05, 4.69) is 22.3 Å².